The number of halogens is 2. The lowest BCUT2D eigenvalue weighted by Crippen LogP contribution is -2.27. The van der Waals surface area contributed by atoms with E-state index in [1.54, 1.807) is 6.20 Å². The van der Waals surface area contributed by atoms with Crippen LogP contribution in [0.4, 0.5) is 10.2 Å². The van der Waals surface area contributed by atoms with E-state index in [9.17, 15) is 4.39 Å². The average Bonchev–Trinajstić information content (AvgIpc) is 2.74. The fourth-order valence-electron chi connectivity index (χ4n) is 2.58. The second-order valence-corrected chi connectivity index (χ2v) is 5.75. The molecule has 1 saturated heterocycles. The first kappa shape index (κ1) is 12.8. The van der Waals surface area contributed by atoms with Crippen molar-refractivity contribution < 1.29 is 4.39 Å². The number of pyridine rings is 1. The summed E-state index contributed by atoms with van der Waals surface area (Å²) in [4.78, 5) is 6.28. The molecule has 0 aliphatic carbocycles. The zero-order chi connectivity index (χ0) is 12.5. The van der Waals surface area contributed by atoms with Crippen LogP contribution < -0.4 is 4.90 Å². The Morgan fingerprint density at radius 3 is 2.71 bits per heavy atom. The predicted octanol–water partition coefficient (Wildman–Crippen LogP) is 4.00. The Morgan fingerprint density at radius 1 is 1.47 bits per heavy atom. The Hall–Kier alpha value is -0.640. The van der Waals surface area contributed by atoms with Gasteiger partial charge in [-0.25, -0.2) is 9.37 Å². The Balaban J connectivity index is 2.20. The molecule has 0 N–H and O–H groups in total. The number of anilines is 1. The fraction of sp³-hybridized carbons (Fsp3) is 0.615. The summed E-state index contributed by atoms with van der Waals surface area (Å²) in [5.74, 6) is 0.263. The summed E-state index contributed by atoms with van der Waals surface area (Å²) in [5, 5.41) is 0. The summed E-state index contributed by atoms with van der Waals surface area (Å²) < 4.78 is 14.5. The Kier molecular flexibility index (Phi) is 3.71. The summed E-state index contributed by atoms with van der Waals surface area (Å²) in [6, 6.07) is 1.49. The van der Waals surface area contributed by atoms with Gasteiger partial charge < -0.3 is 4.90 Å². The molecule has 1 aliphatic heterocycles. The highest BCUT2D eigenvalue weighted by Crippen LogP contribution is 2.39. The van der Waals surface area contributed by atoms with Crippen molar-refractivity contribution in [3.63, 3.8) is 0 Å². The summed E-state index contributed by atoms with van der Waals surface area (Å²) in [6.45, 7) is 6.27. The third-order valence-electron chi connectivity index (χ3n) is 4.03. The molecule has 1 fully saturated rings. The molecular weight excluding hydrogens is 283 g/mol. The quantitative estimate of drug-likeness (QED) is 0.839. The van der Waals surface area contributed by atoms with Crippen molar-refractivity contribution >= 4 is 21.7 Å². The SMILES string of the molecule is CCC1(CC)CCN(c2ncc(Br)cc2F)C1. The number of hydrogen-bond acceptors (Lipinski definition) is 2. The van der Waals surface area contributed by atoms with Crippen LogP contribution in [-0.2, 0) is 0 Å². The number of nitrogens with zero attached hydrogens (tertiary/aromatic N) is 2. The van der Waals surface area contributed by atoms with Crippen molar-refractivity contribution in [3.05, 3.63) is 22.6 Å². The van der Waals surface area contributed by atoms with Crippen LogP contribution >= 0.6 is 15.9 Å². The van der Waals surface area contributed by atoms with Crippen molar-refractivity contribution in [1.29, 1.82) is 0 Å². The molecular formula is C13H18BrFN2. The maximum absolute atomic E-state index is 13.8. The van der Waals surface area contributed by atoms with E-state index in [0.717, 1.165) is 32.4 Å². The van der Waals surface area contributed by atoms with Gasteiger partial charge in [0.25, 0.3) is 0 Å². The van der Waals surface area contributed by atoms with Gasteiger partial charge in [0.15, 0.2) is 11.6 Å². The van der Waals surface area contributed by atoms with Crippen LogP contribution in [0.5, 0.6) is 0 Å². The minimum atomic E-state index is -0.234. The lowest BCUT2D eigenvalue weighted by atomic mass is 9.82. The molecule has 0 saturated carbocycles. The van der Waals surface area contributed by atoms with Gasteiger partial charge in [0.2, 0.25) is 0 Å². The molecule has 0 unspecified atom stereocenters. The van der Waals surface area contributed by atoms with Crippen LogP contribution in [0.1, 0.15) is 33.1 Å². The van der Waals surface area contributed by atoms with E-state index < -0.39 is 0 Å². The van der Waals surface area contributed by atoms with E-state index in [4.69, 9.17) is 0 Å². The lowest BCUT2D eigenvalue weighted by molar-refractivity contribution is 0.301. The zero-order valence-corrected chi connectivity index (χ0v) is 11.9. The first-order valence-electron chi connectivity index (χ1n) is 6.16. The highest BCUT2D eigenvalue weighted by Gasteiger charge is 2.36. The summed E-state index contributed by atoms with van der Waals surface area (Å²) >= 11 is 3.23. The molecule has 17 heavy (non-hydrogen) atoms. The van der Waals surface area contributed by atoms with Crippen LogP contribution in [-0.4, -0.2) is 18.1 Å². The molecule has 2 nitrogen and oxygen atoms in total. The first-order valence-corrected chi connectivity index (χ1v) is 6.95. The molecule has 0 radical (unpaired) electrons. The molecule has 2 heterocycles. The van der Waals surface area contributed by atoms with Gasteiger partial charge in [-0.15, -0.1) is 0 Å². The lowest BCUT2D eigenvalue weighted by Gasteiger charge is -2.26. The predicted molar refractivity (Wildman–Crippen MR) is 71.7 cm³/mol. The average molecular weight is 301 g/mol. The molecule has 0 amide bonds. The van der Waals surface area contributed by atoms with Crippen molar-refractivity contribution in [2.75, 3.05) is 18.0 Å². The van der Waals surface area contributed by atoms with Gasteiger partial charge in [-0.05, 0) is 46.7 Å². The van der Waals surface area contributed by atoms with Gasteiger partial charge in [-0.2, -0.15) is 0 Å². The minimum Gasteiger partial charge on any atom is -0.354 e. The molecule has 1 aliphatic rings. The van der Waals surface area contributed by atoms with E-state index >= 15 is 0 Å². The van der Waals surface area contributed by atoms with E-state index in [0.29, 0.717) is 15.7 Å². The van der Waals surface area contributed by atoms with Crippen molar-refractivity contribution in [1.82, 2.24) is 4.98 Å². The van der Waals surface area contributed by atoms with Gasteiger partial charge in [-0.1, -0.05) is 13.8 Å². The third-order valence-corrected chi connectivity index (χ3v) is 4.46. The molecule has 94 valence electrons. The van der Waals surface area contributed by atoms with Crippen molar-refractivity contribution in [2.45, 2.75) is 33.1 Å². The summed E-state index contributed by atoms with van der Waals surface area (Å²) in [7, 11) is 0. The van der Waals surface area contributed by atoms with Crippen molar-refractivity contribution in [3.8, 4) is 0 Å². The largest absolute Gasteiger partial charge is 0.354 e. The number of rotatable bonds is 3. The van der Waals surface area contributed by atoms with E-state index in [-0.39, 0.29) is 5.82 Å². The number of hydrogen-bond donors (Lipinski definition) is 0. The topological polar surface area (TPSA) is 16.1 Å². The summed E-state index contributed by atoms with van der Waals surface area (Å²) in [6.07, 6.45) is 5.10. The van der Waals surface area contributed by atoms with Crippen LogP contribution in [0.15, 0.2) is 16.7 Å². The maximum atomic E-state index is 13.8. The van der Waals surface area contributed by atoms with Crippen LogP contribution in [0.25, 0.3) is 0 Å². The van der Waals surface area contributed by atoms with Crippen molar-refractivity contribution in [2.24, 2.45) is 5.41 Å². The molecule has 2 rings (SSSR count). The highest BCUT2D eigenvalue weighted by atomic mass is 79.9. The first-order chi connectivity index (χ1) is 8.10. The smallest absolute Gasteiger partial charge is 0.166 e. The van der Waals surface area contributed by atoms with E-state index in [1.165, 1.54) is 6.07 Å². The van der Waals surface area contributed by atoms with Gasteiger partial charge in [0, 0.05) is 23.8 Å². The zero-order valence-electron chi connectivity index (χ0n) is 10.3. The van der Waals surface area contributed by atoms with E-state index in [2.05, 4.69) is 39.7 Å². The second kappa shape index (κ2) is 4.92. The Morgan fingerprint density at radius 2 is 2.18 bits per heavy atom. The third kappa shape index (κ3) is 2.46. The molecule has 4 heteroatoms. The molecule has 1 aromatic heterocycles. The highest BCUT2D eigenvalue weighted by molar-refractivity contribution is 9.10. The molecule has 0 aromatic carbocycles. The summed E-state index contributed by atoms with van der Waals surface area (Å²) in [5.41, 5.74) is 0.348. The van der Waals surface area contributed by atoms with Gasteiger partial charge in [0.1, 0.15) is 0 Å². The fourth-order valence-corrected chi connectivity index (χ4v) is 2.89. The molecule has 0 atom stereocenters. The minimum absolute atomic E-state index is 0.234. The molecule has 0 bridgehead atoms. The van der Waals surface area contributed by atoms with Crippen LogP contribution in [0, 0.1) is 11.2 Å². The standard InChI is InChI=1S/C13H18BrFN2/c1-3-13(4-2)5-6-17(9-13)12-11(15)7-10(14)8-16-12/h7-8H,3-6,9H2,1-2H3. The van der Waals surface area contributed by atoms with Gasteiger partial charge >= 0.3 is 0 Å². The normalized spacial score (nSPS) is 18.7. The van der Waals surface area contributed by atoms with E-state index in [1.807, 2.05) is 0 Å². The monoisotopic (exact) mass is 300 g/mol. The van der Waals surface area contributed by atoms with Crippen LogP contribution in [0.2, 0.25) is 0 Å². The van der Waals surface area contributed by atoms with Gasteiger partial charge in [-0.3, -0.25) is 0 Å². The maximum Gasteiger partial charge on any atom is 0.166 e. The van der Waals surface area contributed by atoms with Gasteiger partial charge in [0.05, 0.1) is 0 Å². The molecule has 0 spiro atoms. The second-order valence-electron chi connectivity index (χ2n) is 4.84. The Bertz CT molecular complexity index is 404. The number of aromatic nitrogens is 1. The molecule has 1 aromatic rings. The Labute approximate surface area is 110 Å². The van der Waals surface area contributed by atoms with Crippen LogP contribution in [0.3, 0.4) is 0 Å².